The Balaban J connectivity index is 1.74. The van der Waals surface area contributed by atoms with E-state index in [9.17, 15) is 8.42 Å². The largest absolute Gasteiger partial charge is 0.381 e. The monoisotopic (exact) mass is 364 g/mol. The Kier molecular flexibility index (Phi) is 5.43. The van der Waals surface area contributed by atoms with Gasteiger partial charge in [0.15, 0.2) is 0 Å². The van der Waals surface area contributed by atoms with Crippen molar-refractivity contribution in [3.63, 3.8) is 0 Å². The Bertz CT molecular complexity index is 763. The number of hydrogen-bond acceptors (Lipinski definition) is 3. The zero-order valence-corrected chi connectivity index (χ0v) is 14.9. The van der Waals surface area contributed by atoms with Crippen LogP contribution in [-0.2, 0) is 10.0 Å². The average molecular weight is 365 g/mol. The van der Waals surface area contributed by atoms with E-state index in [-0.39, 0.29) is 17.0 Å². The maximum atomic E-state index is 12.6. The highest BCUT2D eigenvalue weighted by atomic mass is 35.5. The van der Waals surface area contributed by atoms with E-state index in [4.69, 9.17) is 11.6 Å². The van der Waals surface area contributed by atoms with Crippen LogP contribution >= 0.6 is 11.6 Å². The highest BCUT2D eigenvalue weighted by Gasteiger charge is 2.29. The van der Waals surface area contributed by atoms with Gasteiger partial charge < -0.3 is 5.32 Å². The molecule has 1 aliphatic rings. The summed E-state index contributed by atoms with van der Waals surface area (Å²) in [6, 6.07) is 16.1. The van der Waals surface area contributed by atoms with Gasteiger partial charge in [0.25, 0.3) is 0 Å². The van der Waals surface area contributed by atoms with Crippen LogP contribution in [0.4, 0.5) is 5.69 Å². The molecule has 2 atom stereocenters. The first kappa shape index (κ1) is 17.3. The Labute approximate surface area is 148 Å². The van der Waals surface area contributed by atoms with Gasteiger partial charge in [0.2, 0.25) is 10.0 Å². The molecule has 6 heteroatoms. The van der Waals surface area contributed by atoms with Crippen LogP contribution in [0.5, 0.6) is 0 Å². The van der Waals surface area contributed by atoms with Gasteiger partial charge in [-0.2, -0.15) is 0 Å². The minimum absolute atomic E-state index is 0.0863. The number of nitrogens with one attached hydrogen (secondary N) is 2. The fourth-order valence-electron chi connectivity index (χ4n) is 3.07. The number of benzene rings is 2. The van der Waals surface area contributed by atoms with Crippen LogP contribution in [0.1, 0.15) is 25.7 Å². The number of halogens is 1. The highest BCUT2D eigenvalue weighted by molar-refractivity contribution is 7.89. The summed E-state index contributed by atoms with van der Waals surface area (Å²) in [5.74, 6) is 0. The number of rotatable bonds is 5. The molecule has 0 saturated heterocycles. The molecule has 2 unspecified atom stereocenters. The third-order valence-electron chi connectivity index (χ3n) is 4.32. The summed E-state index contributed by atoms with van der Waals surface area (Å²) < 4.78 is 28.1. The van der Waals surface area contributed by atoms with Crippen molar-refractivity contribution in [3.8, 4) is 0 Å². The van der Waals surface area contributed by atoms with Crippen molar-refractivity contribution >= 4 is 27.3 Å². The van der Waals surface area contributed by atoms with Crippen LogP contribution in [0.15, 0.2) is 59.5 Å². The van der Waals surface area contributed by atoms with Crippen LogP contribution in [-0.4, -0.2) is 20.5 Å². The molecule has 1 saturated carbocycles. The molecule has 0 bridgehead atoms. The van der Waals surface area contributed by atoms with Gasteiger partial charge in [-0.25, -0.2) is 13.1 Å². The van der Waals surface area contributed by atoms with Crippen molar-refractivity contribution < 1.29 is 8.42 Å². The summed E-state index contributed by atoms with van der Waals surface area (Å²) in [5.41, 5.74) is 1.01. The smallest absolute Gasteiger partial charge is 0.240 e. The van der Waals surface area contributed by atoms with Gasteiger partial charge in [-0.3, -0.25) is 0 Å². The molecule has 4 nitrogen and oxygen atoms in total. The molecule has 1 fully saturated rings. The Morgan fingerprint density at radius 1 is 0.875 bits per heavy atom. The quantitative estimate of drug-likeness (QED) is 0.841. The lowest BCUT2D eigenvalue weighted by atomic mass is 9.91. The topological polar surface area (TPSA) is 58.2 Å². The van der Waals surface area contributed by atoms with E-state index < -0.39 is 10.0 Å². The van der Waals surface area contributed by atoms with E-state index in [1.54, 1.807) is 12.1 Å². The van der Waals surface area contributed by atoms with Gasteiger partial charge in [-0.15, -0.1) is 0 Å². The van der Waals surface area contributed by atoms with Crippen LogP contribution < -0.4 is 10.0 Å². The van der Waals surface area contributed by atoms with E-state index in [1.165, 1.54) is 12.1 Å². The molecule has 2 aromatic rings. The predicted molar refractivity (Wildman–Crippen MR) is 97.9 cm³/mol. The first-order valence-electron chi connectivity index (χ1n) is 8.14. The Hall–Kier alpha value is -1.56. The van der Waals surface area contributed by atoms with Crippen molar-refractivity contribution in [2.45, 2.75) is 42.7 Å². The molecule has 2 aromatic carbocycles. The Morgan fingerprint density at radius 2 is 1.50 bits per heavy atom. The maximum absolute atomic E-state index is 12.6. The fourth-order valence-corrected chi connectivity index (χ4v) is 4.51. The van der Waals surface area contributed by atoms with Crippen LogP contribution in [0.25, 0.3) is 0 Å². The summed E-state index contributed by atoms with van der Waals surface area (Å²) in [7, 11) is -3.55. The second-order valence-electron chi connectivity index (χ2n) is 6.08. The van der Waals surface area contributed by atoms with Gasteiger partial charge in [-0.05, 0) is 49.2 Å². The van der Waals surface area contributed by atoms with Gasteiger partial charge in [0.1, 0.15) is 0 Å². The molecule has 24 heavy (non-hydrogen) atoms. The second-order valence-corrected chi connectivity index (χ2v) is 8.23. The second kappa shape index (κ2) is 7.55. The summed E-state index contributed by atoms with van der Waals surface area (Å²) >= 11 is 5.84. The molecule has 3 rings (SSSR count). The van der Waals surface area contributed by atoms with Crippen LogP contribution in [0, 0.1) is 0 Å². The molecule has 0 radical (unpaired) electrons. The lowest BCUT2D eigenvalue weighted by Crippen LogP contribution is -2.48. The zero-order valence-electron chi connectivity index (χ0n) is 13.3. The first-order valence-corrected chi connectivity index (χ1v) is 10.0. The number of para-hydroxylation sites is 1. The maximum Gasteiger partial charge on any atom is 0.240 e. The minimum atomic E-state index is -3.55. The van der Waals surface area contributed by atoms with Gasteiger partial charge >= 0.3 is 0 Å². The SMILES string of the molecule is O=S(=O)(NC1CCCCC1Nc1ccccc1)c1ccc(Cl)cc1. The van der Waals surface area contributed by atoms with Gasteiger partial charge in [-0.1, -0.05) is 42.6 Å². The van der Waals surface area contributed by atoms with Crippen molar-refractivity contribution in [2.24, 2.45) is 0 Å². The molecule has 2 N–H and O–H groups in total. The molecule has 0 aliphatic heterocycles. The van der Waals surface area contributed by atoms with E-state index in [0.29, 0.717) is 5.02 Å². The minimum Gasteiger partial charge on any atom is -0.381 e. The van der Waals surface area contributed by atoms with E-state index in [0.717, 1.165) is 31.4 Å². The Morgan fingerprint density at radius 3 is 2.17 bits per heavy atom. The standard InChI is InChI=1S/C18H21ClN2O2S/c19-14-10-12-16(13-11-14)24(22,23)21-18-9-5-4-8-17(18)20-15-6-2-1-3-7-15/h1-3,6-7,10-13,17-18,20-21H,4-5,8-9H2. The lowest BCUT2D eigenvalue weighted by Gasteiger charge is -2.33. The molecule has 1 aliphatic carbocycles. The number of anilines is 1. The first-order chi connectivity index (χ1) is 11.5. The van der Waals surface area contributed by atoms with E-state index >= 15 is 0 Å². The van der Waals surface area contributed by atoms with Crippen molar-refractivity contribution in [1.29, 1.82) is 0 Å². The molecule has 0 amide bonds. The summed E-state index contributed by atoms with van der Waals surface area (Å²) in [5, 5.41) is 3.99. The molecule has 0 heterocycles. The van der Waals surface area contributed by atoms with Crippen LogP contribution in [0.3, 0.4) is 0 Å². The number of sulfonamides is 1. The van der Waals surface area contributed by atoms with E-state index in [1.807, 2.05) is 30.3 Å². The molecular weight excluding hydrogens is 344 g/mol. The normalized spacial score (nSPS) is 21.4. The molecular formula is C18H21ClN2O2S. The number of hydrogen-bond donors (Lipinski definition) is 2. The zero-order chi connectivity index (χ0) is 17.0. The van der Waals surface area contributed by atoms with Crippen molar-refractivity contribution in [2.75, 3.05) is 5.32 Å². The molecule has 128 valence electrons. The third-order valence-corrected chi connectivity index (χ3v) is 6.08. The molecule has 0 aromatic heterocycles. The highest BCUT2D eigenvalue weighted by Crippen LogP contribution is 2.24. The lowest BCUT2D eigenvalue weighted by molar-refractivity contribution is 0.378. The van der Waals surface area contributed by atoms with Crippen molar-refractivity contribution in [3.05, 3.63) is 59.6 Å². The van der Waals surface area contributed by atoms with Gasteiger partial charge in [0, 0.05) is 22.8 Å². The van der Waals surface area contributed by atoms with Crippen LogP contribution in [0.2, 0.25) is 5.02 Å². The van der Waals surface area contributed by atoms with Crippen molar-refractivity contribution in [1.82, 2.24) is 4.72 Å². The molecule has 0 spiro atoms. The summed E-state index contributed by atoms with van der Waals surface area (Å²) in [4.78, 5) is 0.246. The summed E-state index contributed by atoms with van der Waals surface area (Å²) in [6.07, 6.45) is 3.91. The summed E-state index contributed by atoms with van der Waals surface area (Å²) in [6.45, 7) is 0. The third kappa shape index (κ3) is 4.29. The van der Waals surface area contributed by atoms with E-state index in [2.05, 4.69) is 10.0 Å². The predicted octanol–water partition coefficient (Wildman–Crippen LogP) is 4.04. The average Bonchev–Trinajstić information content (AvgIpc) is 2.58. The van der Waals surface area contributed by atoms with Gasteiger partial charge in [0.05, 0.1) is 4.90 Å². The fraction of sp³-hybridized carbons (Fsp3) is 0.333.